The molecule has 1 fully saturated rings. The van der Waals surface area contributed by atoms with E-state index in [0.29, 0.717) is 17.7 Å². The van der Waals surface area contributed by atoms with Gasteiger partial charge in [-0.15, -0.1) is 0 Å². The smallest absolute Gasteiger partial charge is 0.352 e. The molecule has 1 saturated heterocycles. The molecule has 154 valence electrons. The molecule has 2 aromatic carbocycles. The van der Waals surface area contributed by atoms with Crippen molar-refractivity contribution in [2.45, 2.75) is 18.6 Å². The van der Waals surface area contributed by atoms with Crippen molar-refractivity contribution in [2.24, 2.45) is 5.92 Å². The monoisotopic (exact) mass is 432 g/mol. The minimum atomic E-state index is -4.81. The Balaban J connectivity index is 1.76. The molecule has 3 rings (SSSR count). The summed E-state index contributed by atoms with van der Waals surface area (Å²) in [6.07, 6.45) is -4.81. The van der Waals surface area contributed by atoms with Crippen molar-refractivity contribution in [2.75, 3.05) is 6.54 Å². The molecule has 2 aromatic rings. The molecule has 0 radical (unpaired) electrons. The van der Waals surface area contributed by atoms with E-state index in [1.807, 2.05) is 0 Å². The van der Waals surface area contributed by atoms with Gasteiger partial charge in [0, 0.05) is 29.5 Å². The summed E-state index contributed by atoms with van der Waals surface area (Å²) in [5, 5.41) is 5.26. The second-order valence-electron chi connectivity index (χ2n) is 6.61. The Hall–Kier alpha value is -2.68. The van der Waals surface area contributed by atoms with E-state index in [-0.39, 0.29) is 30.0 Å². The molecule has 2 unspecified atom stereocenters. The number of amides is 2. The highest BCUT2D eigenvalue weighted by atomic mass is 35.5. The van der Waals surface area contributed by atoms with Crippen LogP contribution in [0.15, 0.2) is 36.4 Å². The zero-order valence-electron chi connectivity index (χ0n) is 14.6. The van der Waals surface area contributed by atoms with Crippen molar-refractivity contribution in [1.82, 2.24) is 10.6 Å². The molecule has 2 atom stereocenters. The van der Waals surface area contributed by atoms with Crippen LogP contribution in [-0.2, 0) is 11.0 Å². The van der Waals surface area contributed by atoms with Gasteiger partial charge in [-0.1, -0.05) is 11.6 Å². The fourth-order valence-corrected chi connectivity index (χ4v) is 3.43. The number of nitrogens with one attached hydrogen (secondary N) is 2. The number of carbonyl (C=O) groups excluding carboxylic acids is 2. The van der Waals surface area contributed by atoms with Gasteiger partial charge in [0.05, 0.1) is 11.6 Å². The summed E-state index contributed by atoms with van der Waals surface area (Å²) in [4.78, 5) is 24.1. The third-order valence-electron chi connectivity index (χ3n) is 4.54. The van der Waals surface area contributed by atoms with Gasteiger partial charge < -0.3 is 10.6 Å². The minimum absolute atomic E-state index is 0.00522. The Kier molecular flexibility index (Phi) is 5.79. The first-order chi connectivity index (χ1) is 13.5. The van der Waals surface area contributed by atoms with Crippen LogP contribution in [0.3, 0.4) is 0 Å². The van der Waals surface area contributed by atoms with Gasteiger partial charge in [0.2, 0.25) is 5.91 Å². The molecule has 1 heterocycles. The van der Waals surface area contributed by atoms with E-state index in [1.54, 1.807) is 0 Å². The van der Waals surface area contributed by atoms with E-state index < -0.39 is 46.8 Å². The highest BCUT2D eigenvalue weighted by Gasteiger charge is 2.35. The number of rotatable bonds is 4. The lowest BCUT2D eigenvalue weighted by molar-refractivity contribution is -0.137. The van der Waals surface area contributed by atoms with Gasteiger partial charge in [-0.2, -0.15) is 13.2 Å². The van der Waals surface area contributed by atoms with Gasteiger partial charge >= 0.3 is 6.18 Å². The topological polar surface area (TPSA) is 58.2 Å². The van der Waals surface area contributed by atoms with Crippen molar-refractivity contribution in [1.29, 1.82) is 0 Å². The van der Waals surface area contributed by atoms with Crippen LogP contribution in [0.1, 0.15) is 33.9 Å². The Labute approximate surface area is 167 Å². The first-order valence-corrected chi connectivity index (χ1v) is 8.82. The Morgan fingerprint density at radius 1 is 1.14 bits per heavy atom. The van der Waals surface area contributed by atoms with E-state index in [9.17, 15) is 31.5 Å². The maximum absolute atomic E-state index is 13.6. The Bertz CT molecular complexity index is 964. The molecule has 2 N–H and O–H groups in total. The van der Waals surface area contributed by atoms with Gasteiger partial charge in [-0.3, -0.25) is 9.59 Å². The number of hydrogen-bond acceptors (Lipinski definition) is 2. The summed E-state index contributed by atoms with van der Waals surface area (Å²) >= 11 is 6.07. The fourth-order valence-electron chi connectivity index (χ4n) is 3.19. The normalized spacial score (nSPS) is 19.2. The number of alkyl halides is 3. The van der Waals surface area contributed by atoms with Crippen LogP contribution in [0.25, 0.3) is 0 Å². The van der Waals surface area contributed by atoms with E-state index >= 15 is 0 Å². The molecule has 1 aliphatic heterocycles. The van der Waals surface area contributed by atoms with Crippen molar-refractivity contribution in [3.63, 3.8) is 0 Å². The Morgan fingerprint density at radius 3 is 2.55 bits per heavy atom. The SMILES string of the molecule is O=C1CC(CNC(=O)c2cc(F)cc(C(F)(F)F)c2)C(c2cc(F)ccc2Cl)N1. The van der Waals surface area contributed by atoms with Gasteiger partial charge in [0.1, 0.15) is 11.6 Å². The van der Waals surface area contributed by atoms with E-state index in [1.165, 1.54) is 6.07 Å². The molecule has 0 aliphatic carbocycles. The summed E-state index contributed by atoms with van der Waals surface area (Å²) < 4.78 is 65.5. The highest BCUT2D eigenvalue weighted by Crippen LogP contribution is 2.34. The fraction of sp³-hybridized carbons (Fsp3) is 0.263. The zero-order valence-corrected chi connectivity index (χ0v) is 15.4. The molecule has 2 amide bonds. The van der Waals surface area contributed by atoms with Gasteiger partial charge in [0.25, 0.3) is 5.91 Å². The largest absolute Gasteiger partial charge is 0.416 e. The summed E-state index contributed by atoms with van der Waals surface area (Å²) in [6.45, 7) is -0.118. The van der Waals surface area contributed by atoms with Crippen molar-refractivity contribution in [3.8, 4) is 0 Å². The van der Waals surface area contributed by atoms with E-state index in [4.69, 9.17) is 11.6 Å². The summed E-state index contributed by atoms with van der Waals surface area (Å²) in [5.41, 5.74) is -1.47. The quantitative estimate of drug-likeness (QED) is 0.710. The van der Waals surface area contributed by atoms with Crippen LogP contribution in [-0.4, -0.2) is 18.4 Å². The second kappa shape index (κ2) is 7.98. The zero-order chi connectivity index (χ0) is 21.3. The molecular weight excluding hydrogens is 419 g/mol. The number of hydrogen-bond donors (Lipinski definition) is 2. The van der Waals surface area contributed by atoms with Gasteiger partial charge in [0.15, 0.2) is 0 Å². The van der Waals surface area contributed by atoms with Crippen LogP contribution >= 0.6 is 11.6 Å². The van der Waals surface area contributed by atoms with Crippen LogP contribution in [0.4, 0.5) is 22.0 Å². The average molecular weight is 433 g/mol. The Morgan fingerprint density at radius 2 is 1.86 bits per heavy atom. The molecule has 0 aromatic heterocycles. The lowest BCUT2D eigenvalue weighted by atomic mass is 9.93. The van der Waals surface area contributed by atoms with Crippen LogP contribution in [0, 0.1) is 17.6 Å². The highest BCUT2D eigenvalue weighted by molar-refractivity contribution is 6.31. The predicted octanol–water partition coefficient (Wildman–Crippen LogP) is 4.24. The second-order valence-corrected chi connectivity index (χ2v) is 7.02. The summed E-state index contributed by atoms with van der Waals surface area (Å²) in [5.74, 6) is -3.57. The number of benzene rings is 2. The van der Waals surface area contributed by atoms with Crippen LogP contribution < -0.4 is 10.6 Å². The molecule has 0 spiro atoms. The van der Waals surface area contributed by atoms with Crippen molar-refractivity contribution >= 4 is 23.4 Å². The number of carbonyl (C=O) groups is 2. The molecular formula is C19H14ClF5N2O2. The first-order valence-electron chi connectivity index (χ1n) is 8.45. The summed E-state index contributed by atoms with van der Waals surface area (Å²) in [7, 11) is 0. The van der Waals surface area contributed by atoms with Crippen LogP contribution in [0.5, 0.6) is 0 Å². The van der Waals surface area contributed by atoms with Crippen LogP contribution in [0.2, 0.25) is 5.02 Å². The molecule has 4 nitrogen and oxygen atoms in total. The van der Waals surface area contributed by atoms with E-state index in [0.717, 1.165) is 12.1 Å². The molecule has 1 aliphatic rings. The molecule has 0 bridgehead atoms. The molecule has 0 saturated carbocycles. The van der Waals surface area contributed by atoms with Gasteiger partial charge in [-0.25, -0.2) is 8.78 Å². The summed E-state index contributed by atoms with van der Waals surface area (Å²) in [6, 6.07) is 4.47. The lowest BCUT2D eigenvalue weighted by Crippen LogP contribution is -2.32. The van der Waals surface area contributed by atoms with E-state index in [2.05, 4.69) is 10.6 Å². The third kappa shape index (κ3) is 4.84. The molecule has 10 heteroatoms. The number of halogens is 6. The minimum Gasteiger partial charge on any atom is -0.352 e. The maximum Gasteiger partial charge on any atom is 0.416 e. The van der Waals surface area contributed by atoms with Crippen molar-refractivity contribution in [3.05, 3.63) is 69.7 Å². The lowest BCUT2D eigenvalue weighted by Gasteiger charge is -2.21. The third-order valence-corrected chi connectivity index (χ3v) is 4.88. The average Bonchev–Trinajstić information content (AvgIpc) is 3.01. The predicted molar refractivity (Wildman–Crippen MR) is 94.1 cm³/mol. The van der Waals surface area contributed by atoms with Gasteiger partial charge in [-0.05, 0) is 42.0 Å². The standard InChI is InChI=1S/C19H14ClF5N2O2/c20-15-2-1-12(21)7-14(15)17-10(5-16(28)27-17)8-26-18(29)9-3-11(19(23,24)25)6-13(22)4-9/h1-4,6-7,10,17H,5,8H2,(H,26,29)(H,27,28). The first kappa shape index (κ1) is 21.0. The van der Waals surface area contributed by atoms with Crippen molar-refractivity contribution < 1.29 is 31.5 Å². The molecule has 29 heavy (non-hydrogen) atoms. The maximum atomic E-state index is 13.6.